The van der Waals surface area contributed by atoms with E-state index in [0.29, 0.717) is 0 Å². The van der Waals surface area contributed by atoms with Crippen molar-refractivity contribution in [3.8, 4) is 0 Å². The van der Waals surface area contributed by atoms with Gasteiger partial charge in [-0.05, 0) is 37.6 Å². The molecule has 0 saturated heterocycles. The number of hydrogen-bond donors (Lipinski definition) is 1. The van der Waals surface area contributed by atoms with Crippen molar-refractivity contribution in [2.24, 2.45) is 5.41 Å². The highest BCUT2D eigenvalue weighted by atomic mass is 14.9. The number of rotatable bonds is 11. The Labute approximate surface area is 102 Å². The van der Waals surface area contributed by atoms with E-state index < -0.39 is 0 Å². The Hall–Kier alpha value is -0.0400. The van der Waals surface area contributed by atoms with E-state index in [-0.39, 0.29) is 0 Å². The highest BCUT2D eigenvalue weighted by molar-refractivity contribution is 4.94. The maximum absolute atomic E-state index is 3.60. The van der Waals surface area contributed by atoms with Crippen LogP contribution in [0, 0.1) is 5.41 Å². The zero-order valence-corrected chi connectivity index (χ0v) is 11.5. The van der Waals surface area contributed by atoms with E-state index in [9.17, 15) is 0 Å². The van der Waals surface area contributed by atoms with Crippen molar-refractivity contribution in [1.29, 1.82) is 0 Å². The summed E-state index contributed by atoms with van der Waals surface area (Å²) in [4.78, 5) is 0. The second-order valence-corrected chi connectivity index (χ2v) is 5.69. The largest absolute Gasteiger partial charge is 0.316 e. The fourth-order valence-electron chi connectivity index (χ4n) is 2.50. The summed E-state index contributed by atoms with van der Waals surface area (Å²) in [5.74, 6) is 0. The van der Waals surface area contributed by atoms with Crippen LogP contribution in [0.1, 0.15) is 78.1 Å². The quantitative estimate of drug-likeness (QED) is 0.510. The molecule has 1 aliphatic rings. The average molecular weight is 225 g/mol. The summed E-state index contributed by atoms with van der Waals surface area (Å²) in [7, 11) is 0. The Kier molecular flexibility index (Phi) is 7.11. The van der Waals surface area contributed by atoms with Crippen LogP contribution in [-0.2, 0) is 0 Å². The predicted molar refractivity (Wildman–Crippen MR) is 72.8 cm³/mol. The molecule has 0 bridgehead atoms. The molecular formula is C15H31N. The van der Waals surface area contributed by atoms with Gasteiger partial charge < -0.3 is 5.32 Å². The third-order valence-electron chi connectivity index (χ3n) is 3.94. The van der Waals surface area contributed by atoms with Crippen LogP contribution < -0.4 is 5.32 Å². The monoisotopic (exact) mass is 225 g/mol. The molecule has 0 heterocycles. The smallest absolute Gasteiger partial charge is 0.000781 e. The van der Waals surface area contributed by atoms with Crippen LogP contribution in [0.2, 0.25) is 0 Å². The third-order valence-corrected chi connectivity index (χ3v) is 3.94. The molecule has 1 heteroatoms. The van der Waals surface area contributed by atoms with Crippen LogP contribution in [-0.4, -0.2) is 13.1 Å². The molecule has 0 aromatic carbocycles. The minimum absolute atomic E-state index is 0.736. The summed E-state index contributed by atoms with van der Waals surface area (Å²) in [5.41, 5.74) is 0.736. The van der Waals surface area contributed by atoms with Crippen molar-refractivity contribution in [2.75, 3.05) is 13.1 Å². The van der Waals surface area contributed by atoms with Crippen molar-refractivity contribution in [1.82, 2.24) is 5.32 Å². The van der Waals surface area contributed by atoms with E-state index in [1.54, 1.807) is 0 Å². The van der Waals surface area contributed by atoms with E-state index in [1.165, 1.54) is 77.3 Å². The highest BCUT2D eigenvalue weighted by Gasteiger charge is 2.40. The first-order valence-electron chi connectivity index (χ1n) is 7.54. The van der Waals surface area contributed by atoms with Gasteiger partial charge in [0.25, 0.3) is 0 Å². The summed E-state index contributed by atoms with van der Waals surface area (Å²) in [6, 6.07) is 0. The lowest BCUT2D eigenvalue weighted by Gasteiger charge is -2.15. The van der Waals surface area contributed by atoms with E-state index in [1.807, 2.05) is 0 Å². The van der Waals surface area contributed by atoms with Gasteiger partial charge in [0, 0.05) is 6.54 Å². The average Bonchev–Trinajstić information content (AvgIpc) is 3.04. The molecular weight excluding hydrogens is 194 g/mol. The van der Waals surface area contributed by atoms with Crippen molar-refractivity contribution in [3.05, 3.63) is 0 Å². The lowest BCUT2D eigenvalue weighted by molar-refractivity contribution is 0.403. The molecule has 1 rings (SSSR count). The van der Waals surface area contributed by atoms with Gasteiger partial charge >= 0.3 is 0 Å². The van der Waals surface area contributed by atoms with Gasteiger partial charge in [-0.15, -0.1) is 0 Å². The molecule has 0 unspecified atom stereocenters. The molecule has 16 heavy (non-hydrogen) atoms. The van der Waals surface area contributed by atoms with Crippen LogP contribution >= 0.6 is 0 Å². The number of nitrogens with one attached hydrogen (secondary N) is 1. The van der Waals surface area contributed by atoms with E-state index in [0.717, 1.165) is 5.41 Å². The van der Waals surface area contributed by atoms with Gasteiger partial charge in [-0.1, -0.05) is 52.4 Å². The summed E-state index contributed by atoms with van der Waals surface area (Å²) in [6.07, 6.45) is 14.4. The van der Waals surface area contributed by atoms with Gasteiger partial charge in [0.05, 0.1) is 0 Å². The Morgan fingerprint density at radius 1 is 0.875 bits per heavy atom. The van der Waals surface area contributed by atoms with Gasteiger partial charge in [-0.2, -0.15) is 0 Å². The molecule has 0 aromatic rings. The van der Waals surface area contributed by atoms with E-state index in [4.69, 9.17) is 0 Å². The van der Waals surface area contributed by atoms with E-state index >= 15 is 0 Å². The summed E-state index contributed by atoms with van der Waals surface area (Å²) < 4.78 is 0. The van der Waals surface area contributed by atoms with Crippen LogP contribution in [0.4, 0.5) is 0 Å². The van der Waals surface area contributed by atoms with Crippen molar-refractivity contribution in [3.63, 3.8) is 0 Å². The zero-order valence-electron chi connectivity index (χ0n) is 11.5. The van der Waals surface area contributed by atoms with Crippen LogP contribution in [0.3, 0.4) is 0 Å². The topological polar surface area (TPSA) is 12.0 Å². The fourth-order valence-corrected chi connectivity index (χ4v) is 2.50. The lowest BCUT2D eigenvalue weighted by atomic mass is 9.97. The van der Waals surface area contributed by atoms with Crippen molar-refractivity contribution < 1.29 is 0 Å². The summed E-state index contributed by atoms with van der Waals surface area (Å²) >= 11 is 0. The summed E-state index contributed by atoms with van der Waals surface area (Å²) in [5, 5.41) is 3.60. The Balaban J connectivity index is 1.91. The third kappa shape index (κ3) is 5.89. The minimum atomic E-state index is 0.736. The minimum Gasteiger partial charge on any atom is -0.316 e. The normalized spacial score (nSPS) is 17.6. The predicted octanol–water partition coefficient (Wildman–Crippen LogP) is 4.52. The Morgan fingerprint density at radius 3 is 2.19 bits per heavy atom. The van der Waals surface area contributed by atoms with Gasteiger partial charge in [-0.25, -0.2) is 0 Å². The molecule has 0 amide bonds. The standard InChI is InChI=1S/C15H31N/c1-3-5-6-7-8-9-10-15(11-12-15)14-16-13-4-2/h16H,3-14H2,1-2H3. The first-order chi connectivity index (χ1) is 7.83. The highest BCUT2D eigenvalue weighted by Crippen LogP contribution is 2.49. The fraction of sp³-hybridized carbons (Fsp3) is 1.00. The molecule has 1 saturated carbocycles. The second-order valence-electron chi connectivity index (χ2n) is 5.69. The number of unbranched alkanes of at least 4 members (excludes halogenated alkanes) is 5. The molecule has 0 aliphatic heterocycles. The zero-order chi connectivity index (χ0) is 11.7. The maximum Gasteiger partial charge on any atom is 0.000781 e. The molecule has 1 nitrogen and oxygen atoms in total. The molecule has 0 aromatic heterocycles. The Morgan fingerprint density at radius 2 is 1.56 bits per heavy atom. The Bertz CT molecular complexity index is 161. The maximum atomic E-state index is 3.60. The SMILES string of the molecule is CCCCCCCCC1(CNCCC)CC1. The van der Waals surface area contributed by atoms with Crippen molar-refractivity contribution >= 4 is 0 Å². The van der Waals surface area contributed by atoms with Crippen LogP contribution in [0.25, 0.3) is 0 Å². The molecule has 1 aliphatic carbocycles. The van der Waals surface area contributed by atoms with Crippen LogP contribution in [0.15, 0.2) is 0 Å². The molecule has 0 spiro atoms. The molecule has 1 N–H and O–H groups in total. The molecule has 1 fully saturated rings. The van der Waals surface area contributed by atoms with Gasteiger partial charge in [0.2, 0.25) is 0 Å². The molecule has 96 valence electrons. The lowest BCUT2D eigenvalue weighted by Crippen LogP contribution is -2.24. The second kappa shape index (κ2) is 8.11. The summed E-state index contributed by atoms with van der Waals surface area (Å²) in [6.45, 7) is 7.03. The molecule has 0 atom stereocenters. The molecule has 0 radical (unpaired) electrons. The van der Waals surface area contributed by atoms with Crippen molar-refractivity contribution in [2.45, 2.75) is 78.1 Å². The van der Waals surface area contributed by atoms with Gasteiger partial charge in [0.15, 0.2) is 0 Å². The van der Waals surface area contributed by atoms with Gasteiger partial charge in [-0.3, -0.25) is 0 Å². The first kappa shape index (κ1) is 14.0. The van der Waals surface area contributed by atoms with E-state index in [2.05, 4.69) is 19.2 Å². The van der Waals surface area contributed by atoms with Crippen LogP contribution in [0.5, 0.6) is 0 Å². The number of hydrogen-bond acceptors (Lipinski definition) is 1. The van der Waals surface area contributed by atoms with Gasteiger partial charge in [0.1, 0.15) is 0 Å². The first-order valence-corrected chi connectivity index (χ1v) is 7.54.